The third kappa shape index (κ3) is 12.0. The minimum absolute atomic E-state index is 0.0341. The van der Waals surface area contributed by atoms with Crippen LogP contribution in [0.3, 0.4) is 0 Å². The van der Waals surface area contributed by atoms with Crippen molar-refractivity contribution >= 4 is 35.4 Å². The highest BCUT2D eigenvalue weighted by Gasteiger charge is 2.37. The van der Waals surface area contributed by atoms with E-state index in [2.05, 4.69) is 21.3 Å². The summed E-state index contributed by atoms with van der Waals surface area (Å²) < 4.78 is 0. The van der Waals surface area contributed by atoms with Crippen molar-refractivity contribution in [1.29, 1.82) is 5.41 Å². The summed E-state index contributed by atoms with van der Waals surface area (Å²) in [6, 6.07) is 15.3. The first-order valence-electron chi connectivity index (χ1n) is 17.1. The Labute approximate surface area is 287 Å². The topological polar surface area (TPSA) is 207 Å². The number of aryl methyl sites for hydroxylation is 2. The fourth-order valence-corrected chi connectivity index (χ4v) is 5.93. The Kier molecular flexibility index (Phi) is 13.7. The van der Waals surface area contributed by atoms with Crippen LogP contribution < -0.4 is 27.0 Å². The maximum absolute atomic E-state index is 13.7. The lowest BCUT2D eigenvalue weighted by molar-refractivity contribution is -0.141. The summed E-state index contributed by atoms with van der Waals surface area (Å²) in [5, 5.41) is 29.0. The molecule has 13 nitrogen and oxygen atoms in total. The van der Waals surface area contributed by atoms with Gasteiger partial charge in [-0.25, -0.2) is 0 Å². The molecule has 2 aromatic rings. The molecule has 2 aromatic carbocycles. The lowest BCUT2D eigenvalue weighted by atomic mass is 9.88. The third-order valence-electron chi connectivity index (χ3n) is 9.06. The minimum Gasteiger partial charge on any atom is -0.391 e. The summed E-state index contributed by atoms with van der Waals surface area (Å²) in [5.74, 6) is -3.46. The molecule has 13 heteroatoms. The van der Waals surface area contributed by atoms with E-state index in [1.807, 2.05) is 60.7 Å². The van der Waals surface area contributed by atoms with Gasteiger partial charge in [0.2, 0.25) is 23.5 Å². The average molecular weight is 676 g/mol. The number of piperidine rings is 1. The van der Waals surface area contributed by atoms with Crippen LogP contribution in [0.2, 0.25) is 0 Å². The number of likely N-dealkylation sites (tertiary alicyclic amines) is 1. The lowest BCUT2D eigenvalue weighted by Crippen LogP contribution is -2.60. The maximum Gasteiger partial charge on any atom is 0.289 e. The fraction of sp³-hybridized carbons (Fsp3) is 0.500. The van der Waals surface area contributed by atoms with Gasteiger partial charge in [0, 0.05) is 25.6 Å². The number of hydrogen-bond acceptors (Lipinski definition) is 7. The highest BCUT2D eigenvalue weighted by atomic mass is 16.3. The van der Waals surface area contributed by atoms with Crippen molar-refractivity contribution in [2.24, 2.45) is 11.7 Å². The molecule has 2 fully saturated rings. The van der Waals surface area contributed by atoms with Gasteiger partial charge in [0.1, 0.15) is 12.1 Å². The van der Waals surface area contributed by atoms with E-state index in [4.69, 9.17) is 11.1 Å². The summed E-state index contributed by atoms with van der Waals surface area (Å²) in [6.07, 6.45) is 2.93. The van der Waals surface area contributed by atoms with Crippen molar-refractivity contribution in [3.8, 4) is 0 Å². The van der Waals surface area contributed by atoms with Gasteiger partial charge in [0.05, 0.1) is 12.1 Å². The smallest absolute Gasteiger partial charge is 0.289 e. The molecular formula is C36H49N7O6. The van der Waals surface area contributed by atoms with Crippen LogP contribution in [0.4, 0.5) is 0 Å². The lowest BCUT2D eigenvalue weighted by Gasteiger charge is -2.34. The molecule has 0 spiro atoms. The maximum atomic E-state index is 13.7. The number of Topliss-reactive ketones (excluding diaryl/α,β-unsaturated/α-hetero) is 1. The second-order valence-electron chi connectivity index (χ2n) is 13.1. The van der Waals surface area contributed by atoms with Crippen molar-refractivity contribution < 1.29 is 29.1 Å². The molecule has 1 aliphatic heterocycles. The summed E-state index contributed by atoms with van der Waals surface area (Å²) in [7, 11) is 0. The van der Waals surface area contributed by atoms with Gasteiger partial charge in [-0.1, -0.05) is 60.7 Å². The highest BCUT2D eigenvalue weighted by molar-refractivity contribution is 6.38. The van der Waals surface area contributed by atoms with E-state index < -0.39 is 47.7 Å². The molecule has 4 atom stereocenters. The second-order valence-corrected chi connectivity index (χ2v) is 13.1. The van der Waals surface area contributed by atoms with Gasteiger partial charge in [0.15, 0.2) is 5.96 Å². The number of benzene rings is 2. The van der Waals surface area contributed by atoms with Crippen LogP contribution in [-0.2, 0) is 36.8 Å². The number of aliphatic hydroxyl groups is 1. The van der Waals surface area contributed by atoms with Crippen LogP contribution in [-0.4, -0.2) is 88.7 Å². The molecule has 0 aromatic heterocycles. The van der Waals surface area contributed by atoms with E-state index in [9.17, 15) is 29.1 Å². The zero-order valence-corrected chi connectivity index (χ0v) is 28.0. The fourth-order valence-electron chi connectivity index (χ4n) is 5.93. The van der Waals surface area contributed by atoms with Crippen molar-refractivity contribution in [3.63, 3.8) is 0 Å². The third-order valence-corrected chi connectivity index (χ3v) is 9.06. The zero-order valence-electron chi connectivity index (χ0n) is 28.0. The van der Waals surface area contributed by atoms with Gasteiger partial charge >= 0.3 is 0 Å². The molecule has 8 N–H and O–H groups in total. The Hall–Kier alpha value is -4.78. The Morgan fingerprint density at radius 3 is 1.98 bits per heavy atom. The molecule has 4 amide bonds. The van der Waals surface area contributed by atoms with Crippen molar-refractivity contribution in [2.75, 3.05) is 13.1 Å². The summed E-state index contributed by atoms with van der Waals surface area (Å²) in [4.78, 5) is 68.1. The second kappa shape index (κ2) is 18.1. The molecule has 0 unspecified atom stereocenters. The van der Waals surface area contributed by atoms with E-state index in [1.165, 1.54) is 6.92 Å². The number of nitrogens with two attached hydrogens (primary N) is 1. The van der Waals surface area contributed by atoms with Gasteiger partial charge in [-0.2, -0.15) is 0 Å². The number of hydrogen-bond donors (Lipinski definition) is 7. The first-order valence-corrected chi connectivity index (χ1v) is 17.1. The predicted octanol–water partition coefficient (Wildman–Crippen LogP) is 0.930. The van der Waals surface area contributed by atoms with Crippen LogP contribution >= 0.6 is 0 Å². The number of amides is 4. The number of nitrogens with one attached hydrogen (secondary N) is 5. The number of guanidine groups is 1. The largest absolute Gasteiger partial charge is 0.391 e. The Morgan fingerprint density at radius 1 is 0.837 bits per heavy atom. The predicted molar refractivity (Wildman–Crippen MR) is 184 cm³/mol. The summed E-state index contributed by atoms with van der Waals surface area (Å²) in [6.45, 7) is 2.36. The molecular weight excluding hydrogens is 626 g/mol. The number of nitrogens with zero attached hydrogens (tertiary/aromatic N) is 1. The van der Waals surface area contributed by atoms with E-state index in [-0.39, 0.29) is 43.1 Å². The molecule has 4 rings (SSSR count). The molecule has 1 aliphatic carbocycles. The number of carbonyl (C=O) groups excluding carboxylic acids is 5. The van der Waals surface area contributed by atoms with Crippen molar-refractivity contribution in [2.45, 2.75) is 95.0 Å². The van der Waals surface area contributed by atoms with Crippen LogP contribution in [0.25, 0.3) is 0 Å². The van der Waals surface area contributed by atoms with Crippen LogP contribution in [0.15, 0.2) is 60.7 Å². The molecule has 0 radical (unpaired) electrons. The van der Waals surface area contributed by atoms with E-state index >= 15 is 0 Å². The first-order chi connectivity index (χ1) is 23.5. The average Bonchev–Trinajstić information content (AvgIpc) is 3.92. The van der Waals surface area contributed by atoms with Gasteiger partial charge in [-0.15, -0.1) is 0 Å². The van der Waals surface area contributed by atoms with Gasteiger partial charge in [-0.05, 0) is 75.3 Å². The molecule has 1 saturated heterocycles. The van der Waals surface area contributed by atoms with Crippen molar-refractivity contribution in [3.05, 3.63) is 71.8 Å². The minimum atomic E-state index is -1.46. The molecule has 49 heavy (non-hydrogen) atoms. The van der Waals surface area contributed by atoms with Gasteiger partial charge in [0.25, 0.3) is 5.91 Å². The standard InChI is InChI=1S/C36H49N7O6/c1-23(44)31(34(48)41-29(32(46)35(49)39-27-14-15-27)22-26-18-20-43(21-19-26)36(37)38)42-33(47)28(16-12-24-8-4-2-5-9-24)40-30(45)17-13-25-10-6-3-7-11-25/h2-11,23,26-29,31,44H,12-22H2,1H3,(H3,37,38)(H,39,49)(H,40,45)(H,41,48)(H,42,47)/t23-,28+,29+,31+/m1/s1. The molecule has 2 aliphatic rings. The molecule has 0 bridgehead atoms. The van der Waals surface area contributed by atoms with Crippen LogP contribution in [0.1, 0.15) is 63.0 Å². The number of ketones is 1. The normalized spacial score (nSPS) is 17.1. The zero-order chi connectivity index (χ0) is 35.3. The summed E-state index contributed by atoms with van der Waals surface area (Å²) >= 11 is 0. The molecule has 1 heterocycles. The molecule has 264 valence electrons. The quantitative estimate of drug-likeness (QED) is 0.0728. The van der Waals surface area contributed by atoms with Crippen molar-refractivity contribution in [1.82, 2.24) is 26.2 Å². The van der Waals surface area contributed by atoms with E-state index in [0.717, 1.165) is 24.0 Å². The number of carbonyl (C=O) groups is 5. The number of rotatable bonds is 17. The SMILES string of the molecule is C[C@@H](O)[C@H](NC(=O)[C@H](CCc1ccccc1)NC(=O)CCc1ccccc1)C(=O)N[C@@H](CC1CCN(C(=N)N)CC1)C(=O)C(=O)NC1CC1. The van der Waals surface area contributed by atoms with Crippen LogP contribution in [0, 0.1) is 11.3 Å². The number of aliphatic hydroxyl groups excluding tert-OH is 1. The van der Waals surface area contributed by atoms with E-state index in [0.29, 0.717) is 38.8 Å². The summed E-state index contributed by atoms with van der Waals surface area (Å²) in [5.41, 5.74) is 7.56. The Morgan fingerprint density at radius 2 is 1.43 bits per heavy atom. The monoisotopic (exact) mass is 675 g/mol. The van der Waals surface area contributed by atoms with Gasteiger partial charge < -0.3 is 37.0 Å². The molecule has 1 saturated carbocycles. The first kappa shape index (κ1) is 37.0. The Balaban J connectivity index is 1.44. The van der Waals surface area contributed by atoms with E-state index in [1.54, 1.807) is 4.90 Å². The highest BCUT2D eigenvalue weighted by Crippen LogP contribution is 2.23. The van der Waals surface area contributed by atoms with Gasteiger partial charge in [-0.3, -0.25) is 29.4 Å². The Bertz CT molecular complexity index is 1440. The van der Waals surface area contributed by atoms with Crippen LogP contribution in [0.5, 0.6) is 0 Å².